The molecule has 0 aliphatic carbocycles. The molecule has 2 fully saturated rings. The largest absolute Gasteiger partial charge is 0.492 e. The van der Waals surface area contributed by atoms with Crippen LogP contribution in [0.3, 0.4) is 0 Å². The van der Waals surface area contributed by atoms with Gasteiger partial charge in [0.05, 0.1) is 12.3 Å². The summed E-state index contributed by atoms with van der Waals surface area (Å²) in [5, 5.41) is 2.18. The molecule has 8 heteroatoms. The fourth-order valence-corrected chi connectivity index (χ4v) is 3.07. The van der Waals surface area contributed by atoms with E-state index in [1.807, 2.05) is 31.2 Å². The molecule has 1 aromatic carbocycles. The van der Waals surface area contributed by atoms with Crippen molar-refractivity contribution in [1.29, 1.82) is 0 Å². The van der Waals surface area contributed by atoms with Crippen LogP contribution in [0.15, 0.2) is 24.3 Å². The minimum atomic E-state index is -0.498. The van der Waals surface area contributed by atoms with Gasteiger partial charge in [-0.2, -0.15) is 0 Å². The molecule has 0 spiro atoms. The van der Waals surface area contributed by atoms with E-state index in [2.05, 4.69) is 10.2 Å². The Morgan fingerprint density at radius 2 is 1.88 bits per heavy atom. The molecule has 134 valence electrons. The van der Waals surface area contributed by atoms with E-state index in [0.717, 1.165) is 11.4 Å². The van der Waals surface area contributed by atoms with Gasteiger partial charge < -0.3 is 19.4 Å². The molecule has 0 unspecified atom stereocenters. The maximum atomic E-state index is 12.4. The monoisotopic (exact) mass is 346 g/mol. The first-order valence-corrected chi connectivity index (χ1v) is 8.41. The second-order valence-corrected chi connectivity index (χ2v) is 5.98. The van der Waals surface area contributed by atoms with Crippen LogP contribution in [-0.4, -0.2) is 73.5 Å². The second kappa shape index (κ2) is 7.42. The molecule has 8 nitrogen and oxygen atoms in total. The number of carbonyl (C=O) groups is 3. The number of benzene rings is 1. The Morgan fingerprint density at radius 1 is 1.16 bits per heavy atom. The van der Waals surface area contributed by atoms with E-state index >= 15 is 0 Å². The van der Waals surface area contributed by atoms with Crippen LogP contribution in [0.5, 0.6) is 5.75 Å². The summed E-state index contributed by atoms with van der Waals surface area (Å²) in [6.07, 6.45) is 0. The Morgan fingerprint density at radius 3 is 2.52 bits per heavy atom. The highest BCUT2D eigenvalue weighted by atomic mass is 16.5. The van der Waals surface area contributed by atoms with Gasteiger partial charge in [0.25, 0.3) is 0 Å². The number of anilines is 1. The van der Waals surface area contributed by atoms with Crippen molar-refractivity contribution >= 4 is 23.5 Å². The molecule has 1 N–H and O–H groups in total. The van der Waals surface area contributed by atoms with E-state index in [0.29, 0.717) is 32.8 Å². The Kier molecular flexibility index (Phi) is 5.06. The van der Waals surface area contributed by atoms with Gasteiger partial charge in [-0.1, -0.05) is 12.1 Å². The van der Waals surface area contributed by atoms with E-state index in [9.17, 15) is 14.4 Å². The van der Waals surface area contributed by atoms with Crippen LogP contribution in [0.25, 0.3) is 0 Å². The van der Waals surface area contributed by atoms with E-state index < -0.39 is 6.03 Å². The molecule has 0 saturated carbocycles. The van der Waals surface area contributed by atoms with Crippen LogP contribution in [0, 0.1) is 0 Å². The van der Waals surface area contributed by atoms with Gasteiger partial charge in [-0.05, 0) is 19.1 Å². The van der Waals surface area contributed by atoms with Crippen LogP contribution in [-0.2, 0) is 9.59 Å². The van der Waals surface area contributed by atoms with E-state index in [1.54, 1.807) is 4.90 Å². The van der Waals surface area contributed by atoms with Crippen molar-refractivity contribution in [2.24, 2.45) is 0 Å². The maximum Gasteiger partial charge on any atom is 0.325 e. The van der Waals surface area contributed by atoms with Crippen LogP contribution in [0.2, 0.25) is 0 Å². The van der Waals surface area contributed by atoms with Gasteiger partial charge in [-0.25, -0.2) is 4.79 Å². The van der Waals surface area contributed by atoms with Gasteiger partial charge >= 0.3 is 6.03 Å². The number of para-hydroxylation sites is 2. The Bertz CT molecular complexity index is 670. The molecule has 2 saturated heterocycles. The summed E-state index contributed by atoms with van der Waals surface area (Å²) in [6, 6.07) is 7.37. The third-order valence-corrected chi connectivity index (χ3v) is 4.33. The average molecular weight is 346 g/mol. The van der Waals surface area contributed by atoms with Crippen LogP contribution >= 0.6 is 0 Å². The van der Waals surface area contributed by atoms with Crippen molar-refractivity contribution in [3.8, 4) is 5.75 Å². The predicted molar refractivity (Wildman–Crippen MR) is 91.5 cm³/mol. The average Bonchev–Trinajstić information content (AvgIpc) is 2.93. The number of rotatable bonds is 5. The van der Waals surface area contributed by atoms with E-state index in [1.165, 1.54) is 4.90 Å². The zero-order valence-electron chi connectivity index (χ0n) is 14.2. The normalized spacial score (nSPS) is 17.7. The molecule has 2 aliphatic rings. The minimum absolute atomic E-state index is 0.0493. The van der Waals surface area contributed by atoms with Gasteiger partial charge in [0, 0.05) is 26.2 Å². The van der Waals surface area contributed by atoms with Gasteiger partial charge in [0.1, 0.15) is 18.8 Å². The molecule has 2 aliphatic heterocycles. The molecular weight excluding hydrogens is 324 g/mol. The van der Waals surface area contributed by atoms with Crippen molar-refractivity contribution in [1.82, 2.24) is 15.1 Å². The number of nitrogens with zero attached hydrogens (tertiary/aromatic N) is 3. The second-order valence-electron chi connectivity index (χ2n) is 5.98. The topological polar surface area (TPSA) is 82.2 Å². The maximum absolute atomic E-state index is 12.4. The van der Waals surface area contributed by atoms with Crippen molar-refractivity contribution in [3.05, 3.63) is 24.3 Å². The molecular formula is C17H22N4O4. The van der Waals surface area contributed by atoms with Crippen LogP contribution in [0.4, 0.5) is 10.5 Å². The van der Waals surface area contributed by atoms with Crippen molar-refractivity contribution in [3.63, 3.8) is 0 Å². The summed E-state index contributed by atoms with van der Waals surface area (Å²) < 4.78 is 5.67. The standard InChI is InChI=1S/C17H22N4O4/c1-2-25-14-6-4-3-5-13(14)19-7-9-20(10-8-19)16(23)12-21-11-15(22)18-17(21)24/h3-6H,2,7-12H2,1H3,(H,18,22,24). The molecule has 0 radical (unpaired) electrons. The van der Waals surface area contributed by atoms with Crippen LogP contribution < -0.4 is 15.0 Å². The van der Waals surface area contributed by atoms with E-state index in [4.69, 9.17) is 4.74 Å². The lowest BCUT2D eigenvalue weighted by Gasteiger charge is -2.37. The number of imide groups is 1. The fourth-order valence-electron chi connectivity index (χ4n) is 3.07. The first kappa shape index (κ1) is 17.1. The molecule has 0 bridgehead atoms. The smallest absolute Gasteiger partial charge is 0.325 e. The predicted octanol–water partition coefficient (Wildman–Crippen LogP) is 0.286. The zero-order valence-corrected chi connectivity index (χ0v) is 14.2. The quantitative estimate of drug-likeness (QED) is 0.775. The molecule has 0 atom stereocenters. The van der Waals surface area contributed by atoms with Crippen molar-refractivity contribution in [2.45, 2.75) is 6.92 Å². The lowest BCUT2D eigenvalue weighted by Crippen LogP contribution is -2.51. The lowest BCUT2D eigenvalue weighted by molar-refractivity contribution is -0.132. The third-order valence-electron chi connectivity index (χ3n) is 4.33. The minimum Gasteiger partial charge on any atom is -0.492 e. The number of ether oxygens (including phenoxy) is 1. The highest BCUT2D eigenvalue weighted by Crippen LogP contribution is 2.28. The number of piperazine rings is 1. The summed E-state index contributed by atoms with van der Waals surface area (Å²) in [4.78, 5) is 40.3. The Labute approximate surface area is 146 Å². The lowest BCUT2D eigenvalue weighted by atomic mass is 10.2. The third kappa shape index (κ3) is 3.84. The highest BCUT2D eigenvalue weighted by Gasteiger charge is 2.31. The number of carbonyl (C=O) groups excluding carboxylic acids is 3. The molecule has 0 aromatic heterocycles. The number of hydrogen-bond acceptors (Lipinski definition) is 5. The summed E-state index contributed by atoms with van der Waals surface area (Å²) in [5.74, 6) is 0.342. The first-order chi connectivity index (χ1) is 12.1. The molecule has 2 heterocycles. The number of urea groups is 1. The van der Waals surface area contributed by atoms with Gasteiger partial charge in [0.2, 0.25) is 11.8 Å². The van der Waals surface area contributed by atoms with Gasteiger partial charge in [-0.3, -0.25) is 14.9 Å². The highest BCUT2D eigenvalue weighted by molar-refractivity contribution is 6.03. The molecule has 3 rings (SSSR count). The van der Waals surface area contributed by atoms with Crippen molar-refractivity contribution < 1.29 is 19.1 Å². The summed E-state index contributed by atoms with van der Waals surface area (Å²) >= 11 is 0. The molecule has 25 heavy (non-hydrogen) atoms. The van der Waals surface area contributed by atoms with Crippen LogP contribution in [0.1, 0.15) is 6.92 Å². The summed E-state index contributed by atoms with van der Waals surface area (Å²) in [7, 11) is 0. The number of hydrogen-bond donors (Lipinski definition) is 1. The summed E-state index contributed by atoms with van der Waals surface area (Å²) in [5.41, 5.74) is 1.03. The zero-order chi connectivity index (χ0) is 17.8. The molecule has 4 amide bonds. The SMILES string of the molecule is CCOc1ccccc1N1CCN(C(=O)CN2CC(=O)NC2=O)CC1. The van der Waals surface area contributed by atoms with Crippen molar-refractivity contribution in [2.75, 3.05) is 50.8 Å². The Balaban J connectivity index is 1.56. The van der Waals surface area contributed by atoms with Gasteiger partial charge in [0.15, 0.2) is 0 Å². The fraction of sp³-hybridized carbons (Fsp3) is 0.471. The number of nitrogens with one attached hydrogen (secondary N) is 1. The Hall–Kier alpha value is -2.77. The first-order valence-electron chi connectivity index (χ1n) is 8.41. The molecule has 1 aromatic rings. The number of amides is 4. The summed E-state index contributed by atoms with van der Waals surface area (Å²) in [6.45, 7) is 4.98. The van der Waals surface area contributed by atoms with E-state index in [-0.39, 0.29) is 24.9 Å². The van der Waals surface area contributed by atoms with Gasteiger partial charge in [-0.15, -0.1) is 0 Å².